The maximum atomic E-state index is 11.6. The van der Waals surface area contributed by atoms with Crippen molar-refractivity contribution in [3.8, 4) is 0 Å². The zero-order valence-electron chi connectivity index (χ0n) is 8.54. The van der Waals surface area contributed by atoms with Crippen molar-refractivity contribution in [2.45, 2.75) is 25.0 Å². The summed E-state index contributed by atoms with van der Waals surface area (Å²) in [5.74, 6) is 0. The fourth-order valence-electron chi connectivity index (χ4n) is 1.12. The highest BCUT2D eigenvalue weighted by Crippen LogP contribution is 2.30. The molecule has 0 spiro atoms. The van der Waals surface area contributed by atoms with Crippen molar-refractivity contribution in [3.05, 3.63) is 11.1 Å². The number of sulfonamides is 1. The molecule has 1 aromatic heterocycles. The molecule has 1 saturated carbocycles. The number of anilines is 1. The van der Waals surface area contributed by atoms with E-state index >= 15 is 0 Å². The quantitative estimate of drug-likeness (QED) is 0.484. The number of nitrogens with zero attached hydrogens (tertiary/aromatic N) is 2. The average molecular weight is 261 g/mol. The number of aromatic nitrogens is 1. The molecule has 1 aliphatic carbocycles. The standard InChI is InChI=1S/C8H11N3O3S2/c1-5(10-12)7-4-15-8(9-7)11-16(13,14)6-2-3-6/h4,6,12H,2-3H2,1H3,(H,9,11). The third kappa shape index (κ3) is 2.33. The largest absolute Gasteiger partial charge is 0.411 e. The van der Waals surface area contributed by atoms with Crippen LogP contribution in [-0.4, -0.2) is 29.6 Å². The molecule has 88 valence electrons. The van der Waals surface area contributed by atoms with Gasteiger partial charge in [0.1, 0.15) is 11.4 Å². The molecule has 8 heteroatoms. The third-order valence-electron chi connectivity index (χ3n) is 2.22. The number of nitrogens with one attached hydrogen (secondary N) is 1. The summed E-state index contributed by atoms with van der Waals surface area (Å²) in [6.07, 6.45) is 1.43. The second-order valence-corrected chi connectivity index (χ2v) is 6.39. The van der Waals surface area contributed by atoms with Gasteiger partial charge in [-0.3, -0.25) is 4.72 Å². The highest BCUT2D eigenvalue weighted by molar-refractivity contribution is 7.93. The summed E-state index contributed by atoms with van der Waals surface area (Å²) in [7, 11) is -3.26. The Labute approximate surface area is 97.1 Å². The van der Waals surface area contributed by atoms with E-state index in [1.54, 1.807) is 12.3 Å². The lowest BCUT2D eigenvalue weighted by Crippen LogP contribution is -2.17. The SMILES string of the molecule is CC(=NO)c1csc(NS(=O)(=O)C2CC2)n1. The van der Waals surface area contributed by atoms with Gasteiger partial charge in [-0.25, -0.2) is 13.4 Å². The van der Waals surface area contributed by atoms with Gasteiger partial charge in [0.05, 0.1) is 5.25 Å². The zero-order chi connectivity index (χ0) is 11.8. The number of hydrogen-bond donors (Lipinski definition) is 2. The Kier molecular flexibility index (Phi) is 2.85. The molecule has 1 aliphatic rings. The fraction of sp³-hybridized carbons (Fsp3) is 0.500. The Hall–Kier alpha value is -1.15. The summed E-state index contributed by atoms with van der Waals surface area (Å²) in [4.78, 5) is 4.01. The third-order valence-corrected chi connectivity index (χ3v) is 4.93. The van der Waals surface area contributed by atoms with E-state index in [9.17, 15) is 8.42 Å². The van der Waals surface area contributed by atoms with Crippen LogP contribution in [0.3, 0.4) is 0 Å². The zero-order valence-corrected chi connectivity index (χ0v) is 10.2. The van der Waals surface area contributed by atoms with Gasteiger partial charge in [-0.2, -0.15) is 0 Å². The lowest BCUT2D eigenvalue weighted by atomic mass is 10.3. The normalized spacial score (nSPS) is 17.4. The van der Waals surface area contributed by atoms with Crippen LogP contribution in [0.2, 0.25) is 0 Å². The van der Waals surface area contributed by atoms with Crippen LogP contribution in [0.4, 0.5) is 5.13 Å². The highest BCUT2D eigenvalue weighted by atomic mass is 32.2. The molecule has 1 heterocycles. The second-order valence-electron chi connectivity index (χ2n) is 3.57. The number of rotatable bonds is 4. The molecular weight excluding hydrogens is 250 g/mol. The van der Waals surface area contributed by atoms with Crippen LogP contribution < -0.4 is 4.72 Å². The number of oxime groups is 1. The van der Waals surface area contributed by atoms with Crippen LogP contribution in [0, 0.1) is 0 Å². The Bertz CT molecular complexity index is 516. The Morgan fingerprint density at radius 2 is 2.38 bits per heavy atom. The lowest BCUT2D eigenvalue weighted by molar-refractivity contribution is 0.319. The molecule has 16 heavy (non-hydrogen) atoms. The van der Waals surface area contributed by atoms with Gasteiger partial charge < -0.3 is 5.21 Å². The minimum absolute atomic E-state index is 0.271. The van der Waals surface area contributed by atoms with Gasteiger partial charge >= 0.3 is 0 Å². The van der Waals surface area contributed by atoms with E-state index in [0.29, 0.717) is 29.4 Å². The summed E-state index contributed by atoms with van der Waals surface area (Å²) < 4.78 is 25.6. The van der Waals surface area contributed by atoms with Gasteiger partial charge in [-0.15, -0.1) is 11.3 Å². The first kappa shape index (κ1) is 11.3. The molecule has 1 aromatic rings. The van der Waals surface area contributed by atoms with Crippen LogP contribution in [-0.2, 0) is 10.0 Å². The van der Waals surface area contributed by atoms with Crippen molar-refractivity contribution < 1.29 is 13.6 Å². The first-order valence-corrected chi connectivity index (χ1v) is 7.11. The summed E-state index contributed by atoms with van der Waals surface area (Å²) in [6.45, 7) is 1.59. The van der Waals surface area contributed by atoms with Crippen molar-refractivity contribution in [2.24, 2.45) is 5.16 Å². The molecule has 0 unspecified atom stereocenters. The Morgan fingerprint density at radius 3 is 2.94 bits per heavy atom. The topological polar surface area (TPSA) is 91.7 Å². The van der Waals surface area contributed by atoms with Crippen molar-refractivity contribution in [1.82, 2.24) is 4.98 Å². The van der Waals surface area contributed by atoms with E-state index in [0.717, 1.165) is 0 Å². The predicted octanol–water partition coefficient (Wildman–Crippen LogP) is 1.25. The van der Waals surface area contributed by atoms with E-state index in [1.165, 1.54) is 11.3 Å². The summed E-state index contributed by atoms with van der Waals surface area (Å²) in [5, 5.41) is 13.2. The summed E-state index contributed by atoms with van der Waals surface area (Å²) >= 11 is 1.17. The Morgan fingerprint density at radius 1 is 1.69 bits per heavy atom. The second kappa shape index (κ2) is 4.02. The number of thiazole rings is 1. The van der Waals surface area contributed by atoms with Crippen LogP contribution in [0.25, 0.3) is 0 Å². The van der Waals surface area contributed by atoms with Crippen molar-refractivity contribution in [3.63, 3.8) is 0 Å². The van der Waals surface area contributed by atoms with Gasteiger partial charge in [-0.05, 0) is 19.8 Å². The van der Waals surface area contributed by atoms with Crippen LogP contribution in [0.5, 0.6) is 0 Å². The van der Waals surface area contributed by atoms with E-state index < -0.39 is 10.0 Å². The molecule has 0 aliphatic heterocycles. The van der Waals surface area contributed by atoms with Crippen LogP contribution >= 0.6 is 11.3 Å². The molecule has 6 nitrogen and oxygen atoms in total. The maximum Gasteiger partial charge on any atom is 0.237 e. The molecule has 0 aromatic carbocycles. The predicted molar refractivity (Wildman–Crippen MR) is 61.7 cm³/mol. The number of hydrogen-bond acceptors (Lipinski definition) is 6. The van der Waals surface area contributed by atoms with E-state index in [2.05, 4.69) is 14.9 Å². The summed E-state index contributed by atoms with van der Waals surface area (Å²) in [5.41, 5.74) is 0.828. The van der Waals surface area contributed by atoms with Crippen molar-refractivity contribution >= 4 is 32.2 Å². The fourth-order valence-corrected chi connectivity index (χ4v) is 3.47. The monoisotopic (exact) mass is 261 g/mol. The molecule has 0 radical (unpaired) electrons. The molecule has 2 rings (SSSR count). The molecule has 0 bridgehead atoms. The average Bonchev–Trinajstić information content (AvgIpc) is 3.00. The maximum absolute atomic E-state index is 11.6. The smallest absolute Gasteiger partial charge is 0.237 e. The van der Waals surface area contributed by atoms with Gasteiger partial charge in [0.15, 0.2) is 5.13 Å². The molecule has 1 fully saturated rings. The van der Waals surface area contributed by atoms with Gasteiger partial charge in [0.25, 0.3) is 0 Å². The minimum Gasteiger partial charge on any atom is -0.411 e. The van der Waals surface area contributed by atoms with Gasteiger partial charge in [0, 0.05) is 5.38 Å². The molecule has 0 amide bonds. The minimum atomic E-state index is -3.26. The van der Waals surface area contributed by atoms with Crippen LogP contribution in [0.1, 0.15) is 25.5 Å². The molecule has 0 saturated heterocycles. The van der Waals surface area contributed by atoms with Crippen molar-refractivity contribution in [2.75, 3.05) is 4.72 Å². The first-order valence-electron chi connectivity index (χ1n) is 4.69. The van der Waals surface area contributed by atoms with Crippen LogP contribution in [0.15, 0.2) is 10.5 Å². The highest BCUT2D eigenvalue weighted by Gasteiger charge is 2.36. The molecule has 2 N–H and O–H groups in total. The van der Waals surface area contributed by atoms with E-state index in [-0.39, 0.29) is 5.25 Å². The molecule has 0 atom stereocenters. The Balaban J connectivity index is 2.14. The molecular formula is C8H11N3O3S2. The lowest BCUT2D eigenvalue weighted by Gasteiger charge is -2.01. The van der Waals surface area contributed by atoms with E-state index in [4.69, 9.17) is 5.21 Å². The van der Waals surface area contributed by atoms with Gasteiger partial charge in [0.2, 0.25) is 10.0 Å². The van der Waals surface area contributed by atoms with E-state index in [1.807, 2.05) is 0 Å². The van der Waals surface area contributed by atoms with Crippen molar-refractivity contribution in [1.29, 1.82) is 0 Å². The summed E-state index contributed by atoms with van der Waals surface area (Å²) in [6, 6.07) is 0. The first-order chi connectivity index (χ1) is 7.53. The van der Waals surface area contributed by atoms with Gasteiger partial charge in [-0.1, -0.05) is 5.16 Å².